The van der Waals surface area contributed by atoms with Crippen molar-refractivity contribution in [3.8, 4) is 0 Å². The molecule has 0 aromatic rings. The molecule has 0 aromatic heterocycles. The second kappa shape index (κ2) is 7.29. The summed E-state index contributed by atoms with van der Waals surface area (Å²) in [7, 11) is 0. The van der Waals surface area contributed by atoms with E-state index in [4.69, 9.17) is 4.74 Å². The predicted molar refractivity (Wildman–Crippen MR) is 71.8 cm³/mol. The van der Waals surface area contributed by atoms with Crippen molar-refractivity contribution in [2.24, 2.45) is 11.3 Å². The minimum absolute atomic E-state index is 0.310. The zero-order valence-electron chi connectivity index (χ0n) is 12.3. The molecule has 0 fully saturated rings. The van der Waals surface area contributed by atoms with Crippen LogP contribution in [0.4, 0.5) is 0 Å². The van der Waals surface area contributed by atoms with Crippen LogP contribution in [0.3, 0.4) is 0 Å². The van der Waals surface area contributed by atoms with Gasteiger partial charge in [0.25, 0.3) is 0 Å². The molecule has 0 saturated heterocycles. The first kappa shape index (κ1) is 15.9. The normalized spacial score (nSPS) is 16.5. The lowest BCUT2D eigenvalue weighted by Crippen LogP contribution is -2.47. The molecule has 0 radical (unpaired) electrons. The monoisotopic (exact) mass is 229 g/mol. The van der Waals surface area contributed by atoms with Crippen LogP contribution in [0.15, 0.2) is 0 Å². The molecular weight excluding hydrogens is 198 g/mol. The molecule has 0 spiro atoms. The number of ether oxygens (including phenoxy) is 1. The van der Waals surface area contributed by atoms with Crippen molar-refractivity contribution in [1.82, 2.24) is 5.32 Å². The Balaban J connectivity index is 4.20. The van der Waals surface area contributed by atoms with E-state index < -0.39 is 0 Å². The molecule has 0 rings (SSSR count). The Kier molecular flexibility index (Phi) is 7.25. The van der Waals surface area contributed by atoms with Gasteiger partial charge in [-0.1, -0.05) is 34.6 Å². The van der Waals surface area contributed by atoms with E-state index in [0.717, 1.165) is 19.1 Å². The number of hydrogen-bond acceptors (Lipinski definition) is 2. The highest BCUT2D eigenvalue weighted by Crippen LogP contribution is 2.25. The Morgan fingerprint density at radius 2 is 1.69 bits per heavy atom. The van der Waals surface area contributed by atoms with E-state index in [1.165, 1.54) is 6.42 Å². The van der Waals surface area contributed by atoms with Gasteiger partial charge in [-0.2, -0.15) is 0 Å². The maximum absolute atomic E-state index is 5.45. The zero-order valence-corrected chi connectivity index (χ0v) is 12.3. The van der Waals surface area contributed by atoms with Crippen LogP contribution in [0.2, 0.25) is 0 Å². The van der Waals surface area contributed by atoms with Gasteiger partial charge in [0.1, 0.15) is 0 Å². The number of rotatable bonds is 7. The Bertz CT molecular complexity index is 172. The van der Waals surface area contributed by atoms with E-state index in [1.54, 1.807) is 0 Å². The molecule has 2 atom stereocenters. The average molecular weight is 229 g/mol. The molecule has 0 aromatic carbocycles. The standard InChI is InChI=1S/C14H31NO/c1-8-16-10-12(4)15-13(9-11(2)3)14(5,6)7/h11-13,15H,8-10H2,1-7H3. The quantitative estimate of drug-likeness (QED) is 0.722. The summed E-state index contributed by atoms with van der Waals surface area (Å²) in [6.07, 6.45) is 1.22. The Morgan fingerprint density at radius 1 is 1.12 bits per heavy atom. The Morgan fingerprint density at radius 3 is 2.06 bits per heavy atom. The van der Waals surface area contributed by atoms with Crippen molar-refractivity contribution < 1.29 is 4.74 Å². The Labute approximate surface area is 102 Å². The van der Waals surface area contributed by atoms with Crippen LogP contribution in [0.1, 0.15) is 54.9 Å². The van der Waals surface area contributed by atoms with Gasteiger partial charge in [-0.05, 0) is 31.6 Å². The minimum atomic E-state index is 0.310. The van der Waals surface area contributed by atoms with Crippen LogP contribution >= 0.6 is 0 Å². The van der Waals surface area contributed by atoms with Crippen molar-refractivity contribution in [1.29, 1.82) is 0 Å². The van der Waals surface area contributed by atoms with Crippen LogP contribution < -0.4 is 5.32 Å². The van der Waals surface area contributed by atoms with E-state index >= 15 is 0 Å². The van der Waals surface area contributed by atoms with E-state index in [0.29, 0.717) is 17.5 Å². The molecule has 0 amide bonds. The first-order valence-electron chi connectivity index (χ1n) is 6.61. The molecule has 16 heavy (non-hydrogen) atoms. The minimum Gasteiger partial charge on any atom is -0.380 e. The number of nitrogens with one attached hydrogen (secondary N) is 1. The van der Waals surface area contributed by atoms with Crippen molar-refractivity contribution in [3.63, 3.8) is 0 Å². The highest BCUT2D eigenvalue weighted by molar-refractivity contribution is 4.83. The summed E-state index contributed by atoms with van der Waals surface area (Å²) >= 11 is 0. The Hall–Kier alpha value is -0.0800. The second-order valence-electron chi connectivity index (χ2n) is 6.28. The molecule has 0 aliphatic heterocycles. The molecular formula is C14H31NO. The fourth-order valence-electron chi connectivity index (χ4n) is 1.83. The van der Waals surface area contributed by atoms with E-state index in [1.807, 2.05) is 6.92 Å². The summed E-state index contributed by atoms with van der Waals surface area (Å²) in [6, 6.07) is 0.992. The zero-order chi connectivity index (χ0) is 12.8. The number of hydrogen-bond donors (Lipinski definition) is 1. The van der Waals surface area contributed by atoms with Crippen LogP contribution in [0.5, 0.6) is 0 Å². The van der Waals surface area contributed by atoms with Gasteiger partial charge in [0, 0.05) is 18.7 Å². The van der Waals surface area contributed by atoms with Crippen LogP contribution in [0.25, 0.3) is 0 Å². The highest BCUT2D eigenvalue weighted by Gasteiger charge is 2.26. The maximum atomic E-state index is 5.45. The SMILES string of the molecule is CCOCC(C)NC(CC(C)C)C(C)(C)C. The smallest absolute Gasteiger partial charge is 0.0616 e. The third kappa shape index (κ3) is 7.24. The fourth-order valence-corrected chi connectivity index (χ4v) is 1.83. The molecule has 0 bridgehead atoms. The lowest BCUT2D eigenvalue weighted by atomic mass is 9.81. The second-order valence-corrected chi connectivity index (χ2v) is 6.28. The van der Waals surface area contributed by atoms with Gasteiger partial charge in [-0.25, -0.2) is 0 Å². The summed E-state index contributed by atoms with van der Waals surface area (Å²) in [5.74, 6) is 0.732. The van der Waals surface area contributed by atoms with Crippen LogP contribution in [-0.2, 0) is 4.74 Å². The van der Waals surface area contributed by atoms with Gasteiger partial charge in [-0.15, -0.1) is 0 Å². The molecule has 0 heterocycles. The van der Waals surface area contributed by atoms with Crippen molar-refractivity contribution in [2.45, 2.75) is 67.0 Å². The summed E-state index contributed by atoms with van der Waals surface area (Å²) in [6.45, 7) is 17.3. The predicted octanol–water partition coefficient (Wildman–Crippen LogP) is 3.46. The van der Waals surface area contributed by atoms with Crippen LogP contribution in [0, 0.1) is 11.3 Å². The highest BCUT2D eigenvalue weighted by atomic mass is 16.5. The van der Waals surface area contributed by atoms with Gasteiger partial charge in [0.05, 0.1) is 6.61 Å². The molecule has 0 saturated carbocycles. The van der Waals surface area contributed by atoms with Gasteiger partial charge in [-0.3, -0.25) is 0 Å². The van der Waals surface area contributed by atoms with Crippen molar-refractivity contribution >= 4 is 0 Å². The molecule has 0 aliphatic rings. The third-order valence-corrected chi connectivity index (χ3v) is 2.81. The molecule has 1 N–H and O–H groups in total. The fraction of sp³-hybridized carbons (Fsp3) is 1.00. The van der Waals surface area contributed by atoms with E-state index in [-0.39, 0.29) is 0 Å². The van der Waals surface area contributed by atoms with Crippen LogP contribution in [-0.4, -0.2) is 25.3 Å². The lowest BCUT2D eigenvalue weighted by Gasteiger charge is -2.35. The van der Waals surface area contributed by atoms with E-state index in [9.17, 15) is 0 Å². The summed E-state index contributed by atoms with van der Waals surface area (Å²) in [5.41, 5.74) is 0.310. The first-order chi connectivity index (χ1) is 7.27. The first-order valence-corrected chi connectivity index (χ1v) is 6.61. The van der Waals surface area contributed by atoms with E-state index in [2.05, 4.69) is 46.9 Å². The maximum Gasteiger partial charge on any atom is 0.0616 e. The van der Waals surface area contributed by atoms with Crippen molar-refractivity contribution in [2.75, 3.05) is 13.2 Å². The average Bonchev–Trinajstić information content (AvgIpc) is 2.11. The molecule has 98 valence electrons. The largest absolute Gasteiger partial charge is 0.380 e. The van der Waals surface area contributed by atoms with Gasteiger partial charge >= 0.3 is 0 Å². The molecule has 2 nitrogen and oxygen atoms in total. The van der Waals surface area contributed by atoms with Crippen molar-refractivity contribution in [3.05, 3.63) is 0 Å². The molecule has 0 aliphatic carbocycles. The van der Waals surface area contributed by atoms with Gasteiger partial charge in [0.2, 0.25) is 0 Å². The molecule has 2 unspecified atom stereocenters. The molecule has 2 heteroatoms. The van der Waals surface area contributed by atoms with Gasteiger partial charge < -0.3 is 10.1 Å². The topological polar surface area (TPSA) is 21.3 Å². The summed E-state index contributed by atoms with van der Waals surface area (Å²) in [4.78, 5) is 0. The summed E-state index contributed by atoms with van der Waals surface area (Å²) in [5, 5.41) is 3.70. The lowest BCUT2D eigenvalue weighted by molar-refractivity contribution is 0.110. The summed E-state index contributed by atoms with van der Waals surface area (Å²) < 4.78 is 5.45. The van der Waals surface area contributed by atoms with Gasteiger partial charge in [0.15, 0.2) is 0 Å². The third-order valence-electron chi connectivity index (χ3n) is 2.81.